The number of piperazine rings is 1. The fourth-order valence-corrected chi connectivity index (χ4v) is 7.04. The Bertz CT molecular complexity index is 1290. The summed E-state index contributed by atoms with van der Waals surface area (Å²) in [6.45, 7) is 6.09. The lowest BCUT2D eigenvalue weighted by Crippen LogP contribution is -2.44. The summed E-state index contributed by atoms with van der Waals surface area (Å²) in [5.41, 5.74) is 2.28. The molecule has 7 nitrogen and oxygen atoms in total. The molecule has 2 aromatic carbocycles. The monoisotopic (exact) mass is 544 g/mol. The third-order valence-electron chi connectivity index (χ3n) is 7.73. The van der Waals surface area contributed by atoms with Gasteiger partial charge in [-0.25, -0.2) is 13.1 Å². The number of sulfonamides is 1. The summed E-state index contributed by atoms with van der Waals surface area (Å²) < 4.78 is 35.1. The highest BCUT2D eigenvalue weighted by Gasteiger charge is 2.28. The summed E-state index contributed by atoms with van der Waals surface area (Å²) in [4.78, 5) is 8.42. The van der Waals surface area contributed by atoms with Crippen molar-refractivity contribution in [3.8, 4) is 5.75 Å². The molecule has 1 saturated carbocycles. The number of likely N-dealkylation sites (N-methyl/N-ethyl adjacent to an activating group) is 1. The van der Waals surface area contributed by atoms with E-state index in [0.717, 1.165) is 75.7 Å². The van der Waals surface area contributed by atoms with Crippen LogP contribution in [0.3, 0.4) is 0 Å². The maximum absolute atomic E-state index is 13.1. The second-order valence-electron chi connectivity index (χ2n) is 10.4. The second-order valence-corrected chi connectivity index (χ2v) is 12.6. The van der Waals surface area contributed by atoms with Crippen LogP contribution in [0.25, 0.3) is 10.9 Å². The predicted octanol–water partition coefficient (Wildman–Crippen LogP) is 4.84. The second kappa shape index (κ2) is 11.7. The van der Waals surface area contributed by atoms with Gasteiger partial charge in [0.1, 0.15) is 5.75 Å². The number of aromatic amines is 1. The number of aromatic nitrogens is 1. The number of fused-ring (bicyclic) bond motifs is 1. The van der Waals surface area contributed by atoms with E-state index in [4.69, 9.17) is 16.3 Å². The van der Waals surface area contributed by atoms with Crippen molar-refractivity contribution in [2.75, 3.05) is 46.4 Å². The minimum atomic E-state index is -3.61. The van der Waals surface area contributed by atoms with Crippen LogP contribution in [0.5, 0.6) is 5.75 Å². The number of H-pyrrole nitrogens is 1. The SMILES string of the molecule is CN1CCN(CCCOc2ccc(S(=O)(=O)NC3CCCC(c4c[nH]c5ccc(Cl)cc45)C3)cc2)CC1. The minimum Gasteiger partial charge on any atom is -0.494 e. The van der Waals surface area contributed by atoms with E-state index in [1.807, 2.05) is 24.4 Å². The van der Waals surface area contributed by atoms with Crippen LogP contribution in [0.15, 0.2) is 53.6 Å². The Labute approximate surface area is 225 Å². The van der Waals surface area contributed by atoms with Crippen molar-refractivity contribution in [3.05, 3.63) is 59.2 Å². The molecule has 0 radical (unpaired) electrons. The zero-order valence-electron chi connectivity index (χ0n) is 21.5. The van der Waals surface area contributed by atoms with Crippen molar-refractivity contribution in [1.29, 1.82) is 0 Å². The van der Waals surface area contributed by atoms with E-state index < -0.39 is 10.0 Å². The van der Waals surface area contributed by atoms with Crippen LogP contribution in [0.1, 0.15) is 43.6 Å². The number of ether oxygens (including phenoxy) is 1. The smallest absolute Gasteiger partial charge is 0.240 e. The van der Waals surface area contributed by atoms with Crippen LogP contribution < -0.4 is 9.46 Å². The number of nitrogens with zero attached hydrogens (tertiary/aromatic N) is 2. The van der Waals surface area contributed by atoms with Crippen molar-refractivity contribution >= 4 is 32.5 Å². The molecule has 0 amide bonds. The molecule has 1 saturated heterocycles. The molecule has 2 heterocycles. The zero-order chi connectivity index (χ0) is 25.8. The van der Waals surface area contributed by atoms with E-state index in [2.05, 4.69) is 26.6 Å². The summed E-state index contributed by atoms with van der Waals surface area (Å²) in [6.07, 6.45) is 6.63. The lowest BCUT2D eigenvalue weighted by molar-refractivity contribution is 0.145. The molecule has 0 bridgehead atoms. The van der Waals surface area contributed by atoms with Crippen molar-refractivity contribution in [3.63, 3.8) is 0 Å². The van der Waals surface area contributed by atoms with Crippen LogP contribution in [-0.2, 0) is 10.0 Å². The Morgan fingerprint density at radius 1 is 1.08 bits per heavy atom. The summed E-state index contributed by atoms with van der Waals surface area (Å²) in [6, 6.07) is 12.6. The van der Waals surface area contributed by atoms with Gasteiger partial charge in [-0.3, -0.25) is 0 Å². The molecule has 37 heavy (non-hydrogen) atoms. The zero-order valence-corrected chi connectivity index (χ0v) is 23.0. The molecule has 2 unspecified atom stereocenters. The lowest BCUT2D eigenvalue weighted by atomic mass is 9.81. The summed E-state index contributed by atoms with van der Waals surface area (Å²) >= 11 is 6.24. The molecule has 0 spiro atoms. The van der Waals surface area contributed by atoms with Crippen LogP contribution in [-0.4, -0.2) is 75.6 Å². The van der Waals surface area contributed by atoms with Gasteiger partial charge in [0.05, 0.1) is 11.5 Å². The molecule has 1 aliphatic heterocycles. The van der Waals surface area contributed by atoms with E-state index >= 15 is 0 Å². The Balaban J connectivity index is 1.13. The van der Waals surface area contributed by atoms with E-state index in [1.165, 1.54) is 5.56 Å². The minimum absolute atomic E-state index is 0.0987. The van der Waals surface area contributed by atoms with Gasteiger partial charge in [0, 0.05) is 60.9 Å². The molecule has 2 atom stereocenters. The normalized spacial score (nSPS) is 21.9. The van der Waals surface area contributed by atoms with Gasteiger partial charge in [-0.15, -0.1) is 0 Å². The quantitative estimate of drug-likeness (QED) is 0.377. The van der Waals surface area contributed by atoms with Crippen LogP contribution in [0, 0.1) is 0 Å². The predicted molar refractivity (Wildman–Crippen MR) is 149 cm³/mol. The van der Waals surface area contributed by atoms with Crippen LogP contribution >= 0.6 is 11.6 Å². The topological polar surface area (TPSA) is 77.7 Å². The number of halogens is 1. The molecule has 200 valence electrons. The summed E-state index contributed by atoms with van der Waals surface area (Å²) in [5.74, 6) is 0.989. The highest BCUT2D eigenvalue weighted by molar-refractivity contribution is 7.89. The fourth-order valence-electron chi connectivity index (χ4n) is 5.58. The highest BCUT2D eigenvalue weighted by atomic mass is 35.5. The number of nitrogens with one attached hydrogen (secondary N) is 2. The van der Waals surface area contributed by atoms with Crippen LogP contribution in [0.2, 0.25) is 5.02 Å². The Hall–Kier alpha value is -2.10. The molecule has 1 aromatic heterocycles. The maximum atomic E-state index is 13.1. The molecule has 3 aromatic rings. The number of hydrogen-bond donors (Lipinski definition) is 2. The Morgan fingerprint density at radius 2 is 1.86 bits per heavy atom. The van der Waals surface area contributed by atoms with Crippen molar-refractivity contribution in [2.24, 2.45) is 0 Å². The lowest BCUT2D eigenvalue weighted by Gasteiger charge is -2.32. The van der Waals surface area contributed by atoms with Gasteiger partial charge in [-0.2, -0.15) is 0 Å². The van der Waals surface area contributed by atoms with E-state index in [0.29, 0.717) is 17.4 Å². The average Bonchev–Trinajstić information content (AvgIpc) is 3.31. The third-order valence-corrected chi connectivity index (χ3v) is 9.50. The first-order chi connectivity index (χ1) is 17.9. The number of rotatable bonds is 9. The van der Waals surface area contributed by atoms with Crippen molar-refractivity contribution in [1.82, 2.24) is 19.5 Å². The van der Waals surface area contributed by atoms with Gasteiger partial charge in [-0.05, 0) is 86.7 Å². The molecule has 5 rings (SSSR count). The Morgan fingerprint density at radius 3 is 2.65 bits per heavy atom. The number of benzene rings is 2. The first kappa shape index (κ1) is 26.5. The molecule has 2 N–H and O–H groups in total. The fraction of sp³-hybridized carbons (Fsp3) is 0.500. The average molecular weight is 545 g/mol. The van der Waals surface area contributed by atoms with Gasteiger partial charge in [0.15, 0.2) is 0 Å². The van der Waals surface area contributed by atoms with Gasteiger partial charge >= 0.3 is 0 Å². The van der Waals surface area contributed by atoms with Gasteiger partial charge in [-0.1, -0.05) is 18.0 Å². The van der Waals surface area contributed by atoms with Gasteiger partial charge in [0.25, 0.3) is 0 Å². The first-order valence-corrected chi connectivity index (χ1v) is 15.2. The summed E-state index contributed by atoms with van der Waals surface area (Å²) in [5, 5.41) is 1.84. The Kier molecular flexibility index (Phi) is 8.41. The molecule has 2 aliphatic rings. The molecule has 9 heteroatoms. The largest absolute Gasteiger partial charge is 0.494 e. The summed E-state index contributed by atoms with van der Waals surface area (Å²) in [7, 11) is -1.45. The molecular weight excluding hydrogens is 508 g/mol. The molecule has 2 fully saturated rings. The van der Waals surface area contributed by atoms with Gasteiger partial charge < -0.3 is 19.5 Å². The standard InChI is InChI=1S/C28H37ClN4O3S/c1-32-13-15-33(16-14-32)12-3-17-36-24-7-9-25(10-8-24)37(34,35)31-23-5-2-4-21(18-23)27-20-30-28-11-6-22(29)19-26(27)28/h6-11,19-21,23,30-31H,2-5,12-18H2,1H3. The van der Waals surface area contributed by atoms with E-state index in [1.54, 1.807) is 24.3 Å². The van der Waals surface area contributed by atoms with Crippen LogP contribution in [0.4, 0.5) is 0 Å². The van der Waals surface area contributed by atoms with E-state index in [-0.39, 0.29) is 16.9 Å². The number of hydrogen-bond acceptors (Lipinski definition) is 5. The molecule has 1 aliphatic carbocycles. The van der Waals surface area contributed by atoms with Crippen molar-refractivity contribution in [2.45, 2.75) is 49.0 Å². The van der Waals surface area contributed by atoms with E-state index in [9.17, 15) is 8.42 Å². The van der Waals surface area contributed by atoms with Crippen molar-refractivity contribution < 1.29 is 13.2 Å². The first-order valence-electron chi connectivity index (χ1n) is 13.3. The molecular formula is C28H37ClN4O3S. The van der Waals surface area contributed by atoms with Gasteiger partial charge in [0.2, 0.25) is 10.0 Å². The maximum Gasteiger partial charge on any atom is 0.240 e. The third kappa shape index (κ3) is 6.67. The highest BCUT2D eigenvalue weighted by Crippen LogP contribution is 2.37.